The number of nitrogens with zero attached hydrogens (tertiary/aromatic N) is 5. The van der Waals surface area contributed by atoms with E-state index in [0.29, 0.717) is 30.2 Å². The van der Waals surface area contributed by atoms with Gasteiger partial charge in [0.1, 0.15) is 0 Å². The van der Waals surface area contributed by atoms with Crippen LogP contribution in [0.15, 0.2) is 47.3 Å². The molecule has 0 unspecified atom stereocenters. The maximum absolute atomic E-state index is 13.1. The van der Waals surface area contributed by atoms with Crippen molar-refractivity contribution >= 4 is 10.9 Å². The number of methoxy groups -OCH3 is 2. The first kappa shape index (κ1) is 27.3. The molecule has 1 atom stereocenters. The molecule has 0 saturated carbocycles. The molecule has 9 heteroatoms. The Morgan fingerprint density at radius 1 is 1.05 bits per heavy atom. The number of hydrogen-bond acceptors (Lipinski definition) is 7. The van der Waals surface area contributed by atoms with E-state index >= 15 is 0 Å². The summed E-state index contributed by atoms with van der Waals surface area (Å²) < 4.78 is 12.8. The number of aromatic nitrogens is 5. The van der Waals surface area contributed by atoms with Crippen LogP contribution in [-0.2, 0) is 18.5 Å². The van der Waals surface area contributed by atoms with E-state index in [9.17, 15) is 4.79 Å². The Kier molecular flexibility index (Phi) is 8.16. The SMILES string of the molecule is CC[C@H](c1nnnn1C(C)(C)C)N(CCc1ccc(OC)c(OC)c1)Cc1cc2cc(C)ccc2[nH]c1=O. The zero-order valence-corrected chi connectivity index (χ0v) is 23.4. The van der Waals surface area contributed by atoms with Gasteiger partial charge in [0, 0.05) is 24.2 Å². The molecular formula is C29H38N6O3. The molecule has 2 aromatic carbocycles. The predicted octanol–water partition coefficient (Wildman–Crippen LogP) is 4.79. The topological polar surface area (TPSA) is 98.2 Å². The molecule has 0 spiro atoms. The van der Waals surface area contributed by atoms with E-state index in [1.165, 1.54) is 0 Å². The van der Waals surface area contributed by atoms with E-state index in [-0.39, 0.29) is 17.1 Å². The molecule has 0 aliphatic carbocycles. The van der Waals surface area contributed by atoms with Crippen molar-refractivity contribution in [2.24, 2.45) is 0 Å². The Morgan fingerprint density at radius 2 is 1.82 bits per heavy atom. The standard InChI is InChI=1S/C29H38N6O3/c1-8-24(27-31-32-33-35(27)29(3,4)5)34(14-13-20-10-12-25(37-6)26(16-20)38-7)18-22-17-21-15-19(2)9-11-23(21)30-28(22)36/h9-12,15-17,24H,8,13-14,18H2,1-7H3,(H,30,36)/t24-/m1/s1. The normalized spacial score (nSPS) is 12.7. The van der Waals surface area contributed by atoms with Gasteiger partial charge in [-0.3, -0.25) is 9.69 Å². The summed E-state index contributed by atoms with van der Waals surface area (Å²) in [4.78, 5) is 18.5. The minimum atomic E-state index is -0.279. The zero-order valence-electron chi connectivity index (χ0n) is 23.4. The van der Waals surface area contributed by atoms with Crippen LogP contribution in [0.3, 0.4) is 0 Å². The fourth-order valence-corrected chi connectivity index (χ4v) is 4.85. The first-order valence-corrected chi connectivity index (χ1v) is 13.0. The van der Waals surface area contributed by atoms with Gasteiger partial charge in [0.05, 0.1) is 25.8 Å². The molecule has 38 heavy (non-hydrogen) atoms. The number of benzene rings is 2. The number of hydrogen-bond donors (Lipinski definition) is 1. The summed E-state index contributed by atoms with van der Waals surface area (Å²) in [5.41, 5.74) is 3.45. The van der Waals surface area contributed by atoms with Crippen molar-refractivity contribution in [1.29, 1.82) is 0 Å². The average Bonchev–Trinajstić information content (AvgIpc) is 3.38. The van der Waals surface area contributed by atoms with Crippen LogP contribution in [0.1, 0.15) is 62.7 Å². The van der Waals surface area contributed by atoms with Gasteiger partial charge in [-0.05, 0) is 92.2 Å². The van der Waals surface area contributed by atoms with Gasteiger partial charge in [-0.15, -0.1) is 5.10 Å². The lowest BCUT2D eigenvalue weighted by Gasteiger charge is -2.32. The number of tetrazole rings is 1. The highest BCUT2D eigenvalue weighted by molar-refractivity contribution is 5.79. The molecule has 1 N–H and O–H groups in total. The second-order valence-electron chi connectivity index (χ2n) is 10.7. The van der Waals surface area contributed by atoms with Crippen molar-refractivity contribution in [3.63, 3.8) is 0 Å². The molecule has 0 aliphatic heterocycles. The van der Waals surface area contributed by atoms with Gasteiger partial charge in [0.15, 0.2) is 17.3 Å². The number of aryl methyl sites for hydroxylation is 1. The molecule has 9 nitrogen and oxygen atoms in total. The summed E-state index contributed by atoms with van der Waals surface area (Å²) >= 11 is 0. The minimum Gasteiger partial charge on any atom is -0.493 e. The maximum Gasteiger partial charge on any atom is 0.252 e. The van der Waals surface area contributed by atoms with Gasteiger partial charge in [0.25, 0.3) is 5.56 Å². The summed E-state index contributed by atoms with van der Waals surface area (Å²) in [7, 11) is 3.27. The lowest BCUT2D eigenvalue weighted by molar-refractivity contribution is 0.163. The van der Waals surface area contributed by atoms with E-state index in [2.05, 4.69) is 66.1 Å². The second kappa shape index (κ2) is 11.3. The smallest absolute Gasteiger partial charge is 0.252 e. The van der Waals surface area contributed by atoms with Crippen molar-refractivity contribution in [2.45, 2.75) is 65.6 Å². The molecule has 4 rings (SSSR count). The lowest BCUT2D eigenvalue weighted by atomic mass is 10.0. The van der Waals surface area contributed by atoms with Crippen LogP contribution in [0.4, 0.5) is 0 Å². The van der Waals surface area contributed by atoms with Gasteiger partial charge < -0.3 is 14.5 Å². The van der Waals surface area contributed by atoms with Gasteiger partial charge in [-0.25, -0.2) is 4.68 Å². The van der Waals surface area contributed by atoms with Crippen molar-refractivity contribution in [2.75, 3.05) is 20.8 Å². The molecule has 0 fully saturated rings. The maximum atomic E-state index is 13.1. The Balaban J connectivity index is 1.72. The number of nitrogens with one attached hydrogen (secondary N) is 1. The molecular weight excluding hydrogens is 480 g/mol. The van der Waals surface area contributed by atoms with E-state index in [0.717, 1.165) is 40.7 Å². The number of aromatic amines is 1. The zero-order chi connectivity index (χ0) is 27.4. The highest BCUT2D eigenvalue weighted by Crippen LogP contribution is 2.30. The fourth-order valence-electron chi connectivity index (χ4n) is 4.85. The van der Waals surface area contributed by atoms with Gasteiger partial charge >= 0.3 is 0 Å². The summed E-state index contributed by atoms with van der Waals surface area (Å²) in [5, 5.41) is 13.8. The molecule has 0 bridgehead atoms. The highest BCUT2D eigenvalue weighted by Gasteiger charge is 2.29. The fraction of sp³-hybridized carbons (Fsp3) is 0.448. The Bertz CT molecular complexity index is 1450. The Hall–Kier alpha value is -3.72. The van der Waals surface area contributed by atoms with E-state index in [1.807, 2.05) is 41.1 Å². The molecule has 0 amide bonds. The summed E-state index contributed by atoms with van der Waals surface area (Å²) in [6.45, 7) is 11.6. The second-order valence-corrected chi connectivity index (χ2v) is 10.7. The van der Waals surface area contributed by atoms with E-state index in [4.69, 9.17) is 9.47 Å². The first-order valence-electron chi connectivity index (χ1n) is 13.0. The van der Waals surface area contributed by atoms with Crippen molar-refractivity contribution < 1.29 is 9.47 Å². The van der Waals surface area contributed by atoms with E-state index in [1.54, 1.807) is 14.2 Å². The van der Waals surface area contributed by atoms with Crippen LogP contribution in [0.25, 0.3) is 10.9 Å². The minimum absolute atomic E-state index is 0.0808. The Labute approximate surface area is 223 Å². The number of fused-ring (bicyclic) bond motifs is 1. The van der Waals surface area contributed by atoms with Gasteiger partial charge in [-0.1, -0.05) is 24.6 Å². The molecule has 2 aromatic heterocycles. The third kappa shape index (κ3) is 5.88. The lowest BCUT2D eigenvalue weighted by Crippen LogP contribution is -2.36. The molecule has 2 heterocycles. The molecule has 202 valence electrons. The largest absolute Gasteiger partial charge is 0.493 e. The molecule has 0 radical (unpaired) electrons. The Morgan fingerprint density at radius 3 is 2.50 bits per heavy atom. The summed E-state index contributed by atoms with van der Waals surface area (Å²) in [6.07, 6.45) is 1.53. The third-order valence-corrected chi connectivity index (χ3v) is 6.84. The average molecular weight is 519 g/mol. The molecule has 0 aliphatic rings. The number of rotatable bonds is 10. The molecule has 0 saturated heterocycles. The van der Waals surface area contributed by atoms with Crippen molar-refractivity contribution in [3.05, 3.63) is 75.3 Å². The summed E-state index contributed by atoms with van der Waals surface area (Å²) in [5.74, 6) is 2.18. The number of ether oxygens (including phenoxy) is 2. The van der Waals surface area contributed by atoms with Gasteiger partial charge in [0.2, 0.25) is 0 Å². The highest BCUT2D eigenvalue weighted by atomic mass is 16.5. The van der Waals surface area contributed by atoms with E-state index < -0.39 is 0 Å². The van der Waals surface area contributed by atoms with Crippen molar-refractivity contribution in [3.8, 4) is 11.5 Å². The summed E-state index contributed by atoms with van der Waals surface area (Å²) in [6, 6.07) is 14.0. The van der Waals surface area contributed by atoms with Crippen LogP contribution >= 0.6 is 0 Å². The van der Waals surface area contributed by atoms with Crippen molar-refractivity contribution in [1.82, 2.24) is 30.1 Å². The van der Waals surface area contributed by atoms with Crippen LogP contribution in [0, 0.1) is 6.92 Å². The number of H-pyrrole nitrogens is 1. The van der Waals surface area contributed by atoms with Crippen LogP contribution in [0.2, 0.25) is 0 Å². The monoisotopic (exact) mass is 518 g/mol. The number of pyridine rings is 1. The van der Waals surface area contributed by atoms with Gasteiger partial charge in [-0.2, -0.15) is 0 Å². The van der Waals surface area contributed by atoms with Crippen LogP contribution in [0.5, 0.6) is 11.5 Å². The third-order valence-electron chi connectivity index (χ3n) is 6.84. The quantitative estimate of drug-likeness (QED) is 0.322. The first-order chi connectivity index (χ1) is 18.1. The predicted molar refractivity (Wildman–Crippen MR) is 149 cm³/mol. The van der Waals surface area contributed by atoms with Crippen LogP contribution in [-0.4, -0.2) is 50.9 Å². The molecule has 4 aromatic rings. The van der Waals surface area contributed by atoms with Crippen LogP contribution < -0.4 is 15.0 Å².